The molecule has 1 aliphatic heterocycles. The quantitative estimate of drug-likeness (QED) is 0.635. The number of carboxylic acids is 1. The van der Waals surface area contributed by atoms with Crippen molar-refractivity contribution >= 4 is 11.9 Å². The number of likely N-dealkylation sites (tertiary alicyclic amines) is 1. The van der Waals surface area contributed by atoms with E-state index in [2.05, 4.69) is 4.74 Å². The molecule has 6 nitrogen and oxygen atoms in total. The number of aliphatic hydroxyl groups is 1. The average Bonchev–Trinajstić information content (AvgIpc) is 2.45. The van der Waals surface area contributed by atoms with E-state index in [4.69, 9.17) is 5.11 Å². The van der Waals surface area contributed by atoms with Crippen LogP contribution in [0.15, 0.2) is 0 Å². The summed E-state index contributed by atoms with van der Waals surface area (Å²) in [6.07, 6.45) is 0.539. The first-order valence-corrected chi connectivity index (χ1v) is 4.70. The van der Waals surface area contributed by atoms with Crippen LogP contribution in [0, 0.1) is 0 Å². The summed E-state index contributed by atoms with van der Waals surface area (Å²) in [5, 5.41) is 17.9. The third kappa shape index (κ3) is 3.85. The van der Waals surface area contributed by atoms with Gasteiger partial charge >= 0.3 is 5.97 Å². The van der Waals surface area contributed by atoms with Crippen LogP contribution in [0.1, 0.15) is 13.3 Å². The number of hydrogen-bond donors (Lipinski definition) is 2. The maximum atomic E-state index is 11.4. The summed E-state index contributed by atoms with van der Waals surface area (Å²) in [6, 6.07) is 0. The van der Waals surface area contributed by atoms with Crippen molar-refractivity contribution in [2.24, 2.45) is 0 Å². The Bertz CT molecular complexity index is 263. The van der Waals surface area contributed by atoms with E-state index in [1.54, 1.807) is 6.92 Å². The van der Waals surface area contributed by atoms with Gasteiger partial charge in [-0.1, -0.05) is 0 Å². The van der Waals surface area contributed by atoms with Crippen LogP contribution >= 0.6 is 0 Å². The Kier molecular flexibility index (Phi) is 3.65. The van der Waals surface area contributed by atoms with E-state index in [0.717, 1.165) is 0 Å². The number of carbonyl (C=O) groups is 2. The number of hydrogen-bond acceptors (Lipinski definition) is 4. The Morgan fingerprint density at radius 3 is 2.60 bits per heavy atom. The van der Waals surface area contributed by atoms with Crippen LogP contribution in [0.2, 0.25) is 0 Å². The molecule has 0 aromatic rings. The molecule has 1 aliphatic rings. The third-order valence-electron chi connectivity index (χ3n) is 2.26. The smallest absolute Gasteiger partial charge is 0.329 e. The number of carboxylic acid groups (broad SMARTS) is 1. The molecule has 0 aromatic carbocycles. The molecule has 86 valence electrons. The molecule has 0 aromatic heterocycles. The minimum Gasteiger partial charge on any atom is -0.480 e. The Labute approximate surface area is 87.4 Å². The molecule has 0 bridgehead atoms. The van der Waals surface area contributed by atoms with E-state index >= 15 is 0 Å². The maximum Gasteiger partial charge on any atom is 0.329 e. The van der Waals surface area contributed by atoms with Crippen molar-refractivity contribution in [1.29, 1.82) is 0 Å². The van der Waals surface area contributed by atoms with Crippen molar-refractivity contribution in [2.45, 2.75) is 18.9 Å². The van der Waals surface area contributed by atoms with Crippen LogP contribution < -0.4 is 0 Å². The molecule has 1 saturated heterocycles. The normalized spacial score (nSPS) is 25.6. The van der Waals surface area contributed by atoms with Gasteiger partial charge in [0.05, 0.1) is 5.60 Å². The lowest BCUT2D eigenvalue weighted by atomic mass is 10.1. The largest absolute Gasteiger partial charge is 0.480 e. The molecule has 1 rings (SSSR count). The van der Waals surface area contributed by atoms with Gasteiger partial charge in [-0.25, -0.2) is 4.79 Å². The average molecular weight is 217 g/mol. The first kappa shape index (κ1) is 11.9. The van der Waals surface area contributed by atoms with Gasteiger partial charge in [0.25, 0.3) is 0 Å². The monoisotopic (exact) mass is 217 g/mol. The minimum atomic E-state index is -1.10. The zero-order chi connectivity index (χ0) is 11.5. The molecular weight excluding hydrogens is 202 g/mol. The first-order valence-electron chi connectivity index (χ1n) is 4.70. The van der Waals surface area contributed by atoms with Crippen LogP contribution in [0.5, 0.6) is 0 Å². The molecule has 1 heterocycles. The summed E-state index contributed by atoms with van der Waals surface area (Å²) >= 11 is 0. The summed E-state index contributed by atoms with van der Waals surface area (Å²) < 4.78 is 4.67. The lowest BCUT2D eigenvalue weighted by Crippen LogP contribution is -2.36. The van der Waals surface area contributed by atoms with Crippen LogP contribution in [-0.4, -0.2) is 58.9 Å². The van der Waals surface area contributed by atoms with Crippen molar-refractivity contribution < 1.29 is 24.5 Å². The zero-order valence-corrected chi connectivity index (χ0v) is 8.60. The van der Waals surface area contributed by atoms with Gasteiger partial charge in [-0.15, -0.1) is 0 Å². The van der Waals surface area contributed by atoms with Gasteiger partial charge in [-0.3, -0.25) is 4.79 Å². The molecule has 1 fully saturated rings. The summed E-state index contributed by atoms with van der Waals surface area (Å²) in [5.41, 5.74) is -0.831. The summed E-state index contributed by atoms with van der Waals surface area (Å²) in [4.78, 5) is 23.0. The summed E-state index contributed by atoms with van der Waals surface area (Å²) in [6.45, 7) is 1.71. The number of aliphatic carboxylic acids is 1. The lowest BCUT2D eigenvalue weighted by molar-refractivity contribution is -0.145. The van der Waals surface area contributed by atoms with Crippen LogP contribution in [-0.2, 0) is 14.3 Å². The van der Waals surface area contributed by atoms with Crippen molar-refractivity contribution in [1.82, 2.24) is 4.90 Å². The van der Waals surface area contributed by atoms with E-state index < -0.39 is 18.2 Å². The van der Waals surface area contributed by atoms with Crippen LogP contribution in [0.4, 0.5) is 0 Å². The van der Waals surface area contributed by atoms with Gasteiger partial charge in [0.1, 0.15) is 13.2 Å². The summed E-state index contributed by atoms with van der Waals surface area (Å²) in [7, 11) is 0. The molecule has 0 saturated carbocycles. The van der Waals surface area contributed by atoms with Crippen LogP contribution in [0.25, 0.3) is 0 Å². The highest BCUT2D eigenvalue weighted by Crippen LogP contribution is 2.19. The second-order valence-electron chi connectivity index (χ2n) is 3.95. The maximum absolute atomic E-state index is 11.4. The van der Waals surface area contributed by atoms with Crippen LogP contribution in [0.3, 0.4) is 0 Å². The van der Waals surface area contributed by atoms with E-state index in [9.17, 15) is 14.7 Å². The number of β-amino-alcohol motifs (C(OH)–C–C–N with tert-alkyl or cyclic N) is 1. The molecule has 0 aliphatic carbocycles. The molecule has 2 N–H and O–H groups in total. The fourth-order valence-corrected chi connectivity index (χ4v) is 1.47. The predicted octanol–water partition coefficient (Wildman–Crippen LogP) is -0.929. The van der Waals surface area contributed by atoms with E-state index in [1.807, 2.05) is 0 Å². The third-order valence-corrected chi connectivity index (χ3v) is 2.26. The minimum absolute atomic E-state index is 0.248. The number of carbonyl (C=O) groups excluding carboxylic acids is 1. The van der Waals surface area contributed by atoms with Gasteiger partial charge < -0.3 is 19.8 Å². The Balaban J connectivity index is 2.27. The highest BCUT2D eigenvalue weighted by molar-refractivity contribution is 5.78. The highest BCUT2D eigenvalue weighted by Gasteiger charge is 2.33. The molecular formula is C9H15NO5. The van der Waals surface area contributed by atoms with E-state index in [-0.39, 0.29) is 19.1 Å². The SMILES string of the molecule is CC1(O)CCN(C(=O)COCC(=O)O)C1. The first-order chi connectivity index (χ1) is 6.91. The van der Waals surface area contributed by atoms with Gasteiger partial charge in [0.2, 0.25) is 5.91 Å². The molecule has 6 heteroatoms. The second-order valence-corrected chi connectivity index (χ2v) is 3.95. The van der Waals surface area contributed by atoms with Gasteiger partial charge in [-0.05, 0) is 13.3 Å². The van der Waals surface area contributed by atoms with E-state index in [0.29, 0.717) is 13.0 Å². The molecule has 0 spiro atoms. The van der Waals surface area contributed by atoms with Gasteiger partial charge in [0, 0.05) is 13.1 Å². The highest BCUT2D eigenvalue weighted by atomic mass is 16.5. The van der Waals surface area contributed by atoms with Gasteiger partial charge in [-0.2, -0.15) is 0 Å². The zero-order valence-electron chi connectivity index (χ0n) is 8.60. The summed E-state index contributed by atoms with van der Waals surface area (Å²) in [5.74, 6) is -1.38. The number of amides is 1. The van der Waals surface area contributed by atoms with Crippen molar-refractivity contribution in [3.8, 4) is 0 Å². The molecule has 1 unspecified atom stereocenters. The standard InChI is InChI=1S/C9H15NO5/c1-9(14)2-3-10(6-9)7(11)4-15-5-8(12)13/h14H,2-6H2,1H3,(H,12,13). The van der Waals surface area contributed by atoms with Crippen molar-refractivity contribution in [3.05, 3.63) is 0 Å². The van der Waals surface area contributed by atoms with Crippen molar-refractivity contribution in [3.63, 3.8) is 0 Å². The Morgan fingerprint density at radius 2 is 2.13 bits per heavy atom. The number of ether oxygens (including phenoxy) is 1. The fourth-order valence-electron chi connectivity index (χ4n) is 1.47. The molecule has 1 atom stereocenters. The fraction of sp³-hybridized carbons (Fsp3) is 0.778. The Morgan fingerprint density at radius 1 is 1.47 bits per heavy atom. The van der Waals surface area contributed by atoms with Gasteiger partial charge in [0.15, 0.2) is 0 Å². The molecule has 0 radical (unpaired) electrons. The lowest BCUT2D eigenvalue weighted by Gasteiger charge is -2.18. The predicted molar refractivity (Wildman–Crippen MR) is 50.3 cm³/mol. The van der Waals surface area contributed by atoms with Crippen molar-refractivity contribution in [2.75, 3.05) is 26.3 Å². The topological polar surface area (TPSA) is 87.1 Å². The van der Waals surface area contributed by atoms with E-state index in [1.165, 1.54) is 4.90 Å². The molecule has 1 amide bonds. The Hall–Kier alpha value is -1.14. The molecule has 15 heavy (non-hydrogen) atoms. The second kappa shape index (κ2) is 4.59. The number of nitrogens with zero attached hydrogens (tertiary/aromatic N) is 1. The number of rotatable bonds is 4.